The lowest BCUT2D eigenvalue weighted by Gasteiger charge is -2.18. The smallest absolute Gasteiger partial charge is 0.242 e. The van der Waals surface area contributed by atoms with Gasteiger partial charge in [0.05, 0.1) is 24.8 Å². The van der Waals surface area contributed by atoms with Gasteiger partial charge in [-0.3, -0.25) is 14.7 Å². The number of carbonyl (C=O) groups is 2. The molecule has 2 amide bonds. The Balaban J connectivity index is 2.36. The zero-order valence-electron chi connectivity index (χ0n) is 11.5. The number of aromatic nitrogens is 2. The molecule has 1 heterocycles. The molecule has 1 aromatic heterocycles. The first-order chi connectivity index (χ1) is 8.91. The van der Waals surface area contributed by atoms with Crippen LogP contribution in [0.3, 0.4) is 0 Å². The van der Waals surface area contributed by atoms with Crippen LogP contribution >= 0.6 is 0 Å². The van der Waals surface area contributed by atoms with Crippen molar-refractivity contribution in [2.45, 2.75) is 26.4 Å². The van der Waals surface area contributed by atoms with Crippen LogP contribution in [0.5, 0.6) is 0 Å². The molecule has 0 aliphatic carbocycles. The van der Waals surface area contributed by atoms with E-state index in [0.717, 1.165) is 5.69 Å². The van der Waals surface area contributed by atoms with Gasteiger partial charge < -0.3 is 16.0 Å². The maximum atomic E-state index is 11.8. The molecule has 106 valence electrons. The number of likely N-dealkylation sites (N-methyl/N-ethyl adjacent to an activating group) is 1. The molecule has 1 aromatic rings. The minimum atomic E-state index is -0.592. The fourth-order valence-electron chi connectivity index (χ4n) is 1.43. The largest absolute Gasteiger partial charge is 0.346 e. The van der Waals surface area contributed by atoms with Crippen LogP contribution in [0.4, 0.5) is 0 Å². The van der Waals surface area contributed by atoms with Crippen LogP contribution in [-0.2, 0) is 16.1 Å². The number of carbonyl (C=O) groups excluding carboxylic acids is 2. The van der Waals surface area contributed by atoms with E-state index in [-0.39, 0.29) is 24.3 Å². The van der Waals surface area contributed by atoms with Crippen molar-refractivity contribution >= 4 is 11.8 Å². The number of nitrogens with zero attached hydrogens (tertiary/aromatic N) is 2. The van der Waals surface area contributed by atoms with Crippen molar-refractivity contribution in [3.63, 3.8) is 0 Å². The van der Waals surface area contributed by atoms with Gasteiger partial charge in [-0.25, -0.2) is 0 Å². The Morgan fingerprint density at radius 1 is 1.53 bits per heavy atom. The van der Waals surface area contributed by atoms with Crippen LogP contribution in [0, 0.1) is 5.92 Å². The molecule has 1 rings (SSSR count). The van der Waals surface area contributed by atoms with E-state index in [1.165, 1.54) is 4.90 Å². The fraction of sp³-hybridized carbons (Fsp3) is 0.583. The van der Waals surface area contributed by atoms with E-state index in [1.807, 2.05) is 13.8 Å². The third-order valence-electron chi connectivity index (χ3n) is 2.83. The summed E-state index contributed by atoms with van der Waals surface area (Å²) in [6.07, 6.45) is 1.62. The SMILES string of the molecule is CC(C)[C@H](N)C(=O)NCC(=O)N(C)Cc1ccn[nH]1. The van der Waals surface area contributed by atoms with Gasteiger partial charge >= 0.3 is 0 Å². The molecule has 0 bridgehead atoms. The summed E-state index contributed by atoms with van der Waals surface area (Å²) in [7, 11) is 1.66. The van der Waals surface area contributed by atoms with Crippen LogP contribution in [-0.4, -0.2) is 46.5 Å². The number of hydrogen-bond acceptors (Lipinski definition) is 4. The summed E-state index contributed by atoms with van der Waals surface area (Å²) in [5, 5.41) is 9.11. The standard InChI is InChI=1S/C12H21N5O2/c1-8(2)11(13)12(19)14-6-10(18)17(3)7-9-4-5-15-16-9/h4-5,8,11H,6-7,13H2,1-3H3,(H,14,19)(H,15,16)/t11-/m0/s1. The molecule has 19 heavy (non-hydrogen) atoms. The zero-order valence-corrected chi connectivity index (χ0v) is 11.5. The highest BCUT2D eigenvalue weighted by molar-refractivity contribution is 5.87. The van der Waals surface area contributed by atoms with Crippen LogP contribution in [0.25, 0.3) is 0 Å². The van der Waals surface area contributed by atoms with Gasteiger partial charge in [0.15, 0.2) is 0 Å². The summed E-state index contributed by atoms with van der Waals surface area (Å²) in [4.78, 5) is 24.9. The van der Waals surface area contributed by atoms with E-state index in [1.54, 1.807) is 19.3 Å². The Kier molecular flexibility index (Phi) is 5.50. The maximum Gasteiger partial charge on any atom is 0.242 e. The molecule has 1 atom stereocenters. The number of rotatable bonds is 6. The number of nitrogens with one attached hydrogen (secondary N) is 2. The maximum absolute atomic E-state index is 11.8. The predicted octanol–water partition coefficient (Wildman–Crippen LogP) is -0.532. The lowest BCUT2D eigenvalue weighted by molar-refractivity contribution is -0.132. The molecule has 7 heteroatoms. The normalized spacial score (nSPS) is 12.3. The first kappa shape index (κ1) is 15.2. The minimum Gasteiger partial charge on any atom is -0.346 e. The third-order valence-corrected chi connectivity index (χ3v) is 2.83. The topological polar surface area (TPSA) is 104 Å². The van der Waals surface area contributed by atoms with Crippen LogP contribution in [0.1, 0.15) is 19.5 Å². The summed E-state index contributed by atoms with van der Waals surface area (Å²) in [5.41, 5.74) is 6.52. The summed E-state index contributed by atoms with van der Waals surface area (Å²) in [6, 6.07) is 1.20. The molecule has 0 saturated heterocycles. The Bertz CT molecular complexity index is 416. The van der Waals surface area contributed by atoms with Gasteiger partial charge in [0.1, 0.15) is 0 Å². The fourth-order valence-corrected chi connectivity index (χ4v) is 1.43. The summed E-state index contributed by atoms with van der Waals surface area (Å²) in [5.74, 6) is -0.449. The highest BCUT2D eigenvalue weighted by atomic mass is 16.2. The first-order valence-electron chi connectivity index (χ1n) is 6.17. The van der Waals surface area contributed by atoms with E-state index >= 15 is 0 Å². The average molecular weight is 267 g/mol. The number of H-pyrrole nitrogens is 1. The minimum absolute atomic E-state index is 0.0397. The van der Waals surface area contributed by atoms with Crippen molar-refractivity contribution in [2.75, 3.05) is 13.6 Å². The summed E-state index contributed by atoms with van der Waals surface area (Å²) >= 11 is 0. The van der Waals surface area contributed by atoms with Crippen molar-refractivity contribution < 1.29 is 9.59 Å². The lowest BCUT2D eigenvalue weighted by Crippen LogP contribution is -2.47. The van der Waals surface area contributed by atoms with Crippen LogP contribution < -0.4 is 11.1 Å². The van der Waals surface area contributed by atoms with E-state index in [2.05, 4.69) is 15.5 Å². The lowest BCUT2D eigenvalue weighted by atomic mass is 10.1. The Morgan fingerprint density at radius 2 is 2.21 bits per heavy atom. The molecule has 4 N–H and O–H groups in total. The van der Waals surface area contributed by atoms with E-state index in [9.17, 15) is 9.59 Å². The number of nitrogens with two attached hydrogens (primary N) is 1. The molecule has 0 saturated carbocycles. The molecule has 0 aliphatic heterocycles. The number of hydrogen-bond donors (Lipinski definition) is 3. The van der Waals surface area contributed by atoms with Gasteiger partial charge in [-0.05, 0) is 12.0 Å². The second kappa shape index (κ2) is 6.89. The van der Waals surface area contributed by atoms with Crippen LogP contribution in [0.2, 0.25) is 0 Å². The van der Waals surface area contributed by atoms with Gasteiger partial charge in [-0.2, -0.15) is 5.10 Å². The van der Waals surface area contributed by atoms with Crippen molar-refractivity contribution in [3.05, 3.63) is 18.0 Å². The molecule has 0 aromatic carbocycles. The van der Waals surface area contributed by atoms with Gasteiger partial charge in [-0.1, -0.05) is 13.8 Å². The second-order valence-electron chi connectivity index (χ2n) is 4.82. The molecule has 0 unspecified atom stereocenters. The van der Waals surface area contributed by atoms with E-state index in [4.69, 9.17) is 5.73 Å². The molecule has 0 spiro atoms. The highest BCUT2D eigenvalue weighted by Crippen LogP contribution is 1.99. The second-order valence-corrected chi connectivity index (χ2v) is 4.82. The van der Waals surface area contributed by atoms with Gasteiger partial charge in [-0.15, -0.1) is 0 Å². The predicted molar refractivity (Wildman–Crippen MR) is 70.9 cm³/mol. The van der Waals surface area contributed by atoms with Gasteiger partial charge in [0, 0.05) is 13.2 Å². The third kappa shape index (κ3) is 4.70. The zero-order chi connectivity index (χ0) is 14.4. The Hall–Kier alpha value is -1.89. The molecule has 0 aliphatic rings. The van der Waals surface area contributed by atoms with Crippen molar-refractivity contribution in [1.29, 1.82) is 0 Å². The first-order valence-corrected chi connectivity index (χ1v) is 6.17. The molecule has 0 radical (unpaired) electrons. The summed E-state index contributed by atoms with van der Waals surface area (Å²) in [6.45, 7) is 4.09. The number of amides is 2. The molecular formula is C12H21N5O2. The summed E-state index contributed by atoms with van der Waals surface area (Å²) < 4.78 is 0. The Morgan fingerprint density at radius 3 is 2.74 bits per heavy atom. The quantitative estimate of drug-likeness (QED) is 0.644. The van der Waals surface area contributed by atoms with Crippen LogP contribution in [0.15, 0.2) is 12.3 Å². The van der Waals surface area contributed by atoms with Crippen molar-refractivity contribution in [1.82, 2.24) is 20.4 Å². The monoisotopic (exact) mass is 267 g/mol. The number of aromatic amines is 1. The Labute approximate surface area is 112 Å². The molecule has 7 nitrogen and oxygen atoms in total. The molecular weight excluding hydrogens is 246 g/mol. The van der Waals surface area contributed by atoms with Gasteiger partial charge in [0.25, 0.3) is 0 Å². The van der Waals surface area contributed by atoms with Crippen molar-refractivity contribution in [2.24, 2.45) is 11.7 Å². The molecule has 0 fully saturated rings. The highest BCUT2D eigenvalue weighted by Gasteiger charge is 2.18. The van der Waals surface area contributed by atoms with E-state index < -0.39 is 6.04 Å². The van der Waals surface area contributed by atoms with Crippen molar-refractivity contribution in [3.8, 4) is 0 Å². The van der Waals surface area contributed by atoms with E-state index in [0.29, 0.717) is 6.54 Å². The average Bonchev–Trinajstić information content (AvgIpc) is 2.86. The van der Waals surface area contributed by atoms with Gasteiger partial charge in [0.2, 0.25) is 11.8 Å².